The van der Waals surface area contributed by atoms with Gasteiger partial charge in [-0.15, -0.1) is 5.10 Å². The molecule has 0 aliphatic carbocycles. The van der Waals surface area contributed by atoms with Gasteiger partial charge in [0.25, 0.3) is 0 Å². The SMILES string of the molecule is CCOC(=O)CC1OC=NN1n1ccc2ccccc21. The highest BCUT2D eigenvalue weighted by molar-refractivity contribution is 5.80. The summed E-state index contributed by atoms with van der Waals surface area (Å²) in [5.41, 5.74) is 1.00. The molecule has 0 spiro atoms. The second-order valence-electron chi connectivity index (χ2n) is 4.36. The molecule has 0 saturated carbocycles. The lowest BCUT2D eigenvalue weighted by Crippen LogP contribution is -2.38. The summed E-state index contributed by atoms with van der Waals surface area (Å²) in [6.07, 6.45) is 2.89. The summed E-state index contributed by atoms with van der Waals surface area (Å²) in [5.74, 6) is -0.301. The predicted molar refractivity (Wildman–Crippen MR) is 74.8 cm³/mol. The van der Waals surface area contributed by atoms with Crippen LogP contribution in [0.25, 0.3) is 10.9 Å². The number of rotatable bonds is 4. The zero-order valence-electron chi connectivity index (χ0n) is 11.1. The van der Waals surface area contributed by atoms with Gasteiger partial charge in [0.2, 0.25) is 6.23 Å². The van der Waals surface area contributed by atoms with Gasteiger partial charge in [-0.3, -0.25) is 4.79 Å². The summed E-state index contributed by atoms with van der Waals surface area (Å²) in [6.45, 7) is 2.14. The first-order chi connectivity index (χ1) is 9.79. The van der Waals surface area contributed by atoms with E-state index in [1.54, 1.807) is 12.0 Å². The van der Waals surface area contributed by atoms with E-state index in [0.717, 1.165) is 10.9 Å². The Hall–Kier alpha value is -2.50. The molecule has 0 bridgehead atoms. The van der Waals surface area contributed by atoms with E-state index in [1.165, 1.54) is 6.40 Å². The third kappa shape index (κ3) is 2.20. The zero-order chi connectivity index (χ0) is 13.9. The fraction of sp³-hybridized carbons (Fsp3) is 0.286. The first-order valence-electron chi connectivity index (χ1n) is 6.48. The fourth-order valence-corrected chi connectivity index (χ4v) is 2.21. The van der Waals surface area contributed by atoms with E-state index in [2.05, 4.69) is 5.10 Å². The standard InChI is InChI=1S/C14H15N3O3/c1-2-19-14(18)9-13-17(15-10-20-13)16-8-7-11-5-3-4-6-12(11)16/h3-8,10,13H,2,9H2,1H3. The van der Waals surface area contributed by atoms with Crippen molar-refractivity contribution in [3.63, 3.8) is 0 Å². The van der Waals surface area contributed by atoms with Gasteiger partial charge in [-0.05, 0) is 19.1 Å². The molecule has 0 radical (unpaired) electrons. The van der Waals surface area contributed by atoms with Crippen LogP contribution in [0.3, 0.4) is 0 Å². The summed E-state index contributed by atoms with van der Waals surface area (Å²) >= 11 is 0. The third-order valence-corrected chi connectivity index (χ3v) is 3.09. The molecule has 2 heterocycles. The highest BCUT2D eigenvalue weighted by Crippen LogP contribution is 2.20. The van der Waals surface area contributed by atoms with Crippen LogP contribution in [0.4, 0.5) is 0 Å². The molecule has 3 rings (SSSR count). The average molecular weight is 273 g/mol. The number of hydrazone groups is 1. The number of aromatic nitrogens is 1. The molecule has 6 heteroatoms. The van der Waals surface area contributed by atoms with E-state index >= 15 is 0 Å². The Morgan fingerprint density at radius 1 is 1.40 bits per heavy atom. The Kier molecular flexibility index (Phi) is 3.28. The quantitative estimate of drug-likeness (QED) is 0.797. The van der Waals surface area contributed by atoms with Crippen molar-refractivity contribution in [3.8, 4) is 0 Å². The fourth-order valence-electron chi connectivity index (χ4n) is 2.21. The molecule has 1 aliphatic heterocycles. The van der Waals surface area contributed by atoms with Crippen LogP contribution in [0.5, 0.6) is 0 Å². The lowest BCUT2D eigenvalue weighted by Gasteiger charge is -2.22. The average Bonchev–Trinajstić information content (AvgIpc) is 3.05. The van der Waals surface area contributed by atoms with Crippen molar-refractivity contribution in [3.05, 3.63) is 36.5 Å². The van der Waals surface area contributed by atoms with E-state index in [4.69, 9.17) is 9.47 Å². The summed E-state index contributed by atoms with van der Waals surface area (Å²) in [6, 6.07) is 9.94. The number of fused-ring (bicyclic) bond motifs is 1. The van der Waals surface area contributed by atoms with E-state index in [9.17, 15) is 4.79 Å². The van der Waals surface area contributed by atoms with Gasteiger partial charge in [0.15, 0.2) is 6.40 Å². The van der Waals surface area contributed by atoms with Gasteiger partial charge >= 0.3 is 5.97 Å². The van der Waals surface area contributed by atoms with Crippen LogP contribution in [0.2, 0.25) is 0 Å². The van der Waals surface area contributed by atoms with Crippen LogP contribution in [0.15, 0.2) is 41.6 Å². The van der Waals surface area contributed by atoms with Gasteiger partial charge < -0.3 is 9.47 Å². The Labute approximate surface area is 116 Å². The number of esters is 1. The Bertz CT molecular complexity index is 650. The molecule has 1 aromatic heterocycles. The second-order valence-corrected chi connectivity index (χ2v) is 4.36. The number of hydrogen-bond donors (Lipinski definition) is 0. The number of para-hydroxylation sites is 1. The minimum atomic E-state index is -0.482. The van der Waals surface area contributed by atoms with Crippen LogP contribution in [0, 0.1) is 0 Å². The third-order valence-electron chi connectivity index (χ3n) is 3.09. The Balaban J connectivity index is 1.85. The van der Waals surface area contributed by atoms with E-state index < -0.39 is 6.23 Å². The molecule has 0 N–H and O–H groups in total. The van der Waals surface area contributed by atoms with Crippen LogP contribution in [-0.2, 0) is 14.3 Å². The summed E-state index contributed by atoms with van der Waals surface area (Å²) < 4.78 is 12.2. The zero-order valence-corrected chi connectivity index (χ0v) is 11.1. The van der Waals surface area contributed by atoms with Crippen molar-refractivity contribution in [2.45, 2.75) is 19.6 Å². The van der Waals surface area contributed by atoms with Gasteiger partial charge in [-0.1, -0.05) is 18.2 Å². The topological polar surface area (TPSA) is 56.1 Å². The number of nitrogens with zero attached hydrogens (tertiary/aromatic N) is 3. The molecular weight excluding hydrogens is 258 g/mol. The van der Waals surface area contributed by atoms with Crippen molar-refractivity contribution in [1.82, 2.24) is 4.68 Å². The lowest BCUT2D eigenvalue weighted by atomic mass is 10.3. The normalized spacial score (nSPS) is 17.4. The molecule has 0 fully saturated rings. The van der Waals surface area contributed by atoms with Crippen LogP contribution in [-0.4, -0.2) is 29.9 Å². The van der Waals surface area contributed by atoms with Gasteiger partial charge in [0, 0.05) is 11.6 Å². The summed E-state index contributed by atoms with van der Waals surface area (Å²) in [4.78, 5) is 11.6. The first kappa shape index (κ1) is 12.5. The highest BCUT2D eigenvalue weighted by Gasteiger charge is 2.28. The van der Waals surface area contributed by atoms with Gasteiger partial charge in [0.05, 0.1) is 12.1 Å². The van der Waals surface area contributed by atoms with Crippen molar-refractivity contribution in [2.24, 2.45) is 5.10 Å². The van der Waals surface area contributed by atoms with Crippen molar-refractivity contribution in [2.75, 3.05) is 11.7 Å². The summed E-state index contributed by atoms with van der Waals surface area (Å²) in [7, 11) is 0. The maximum Gasteiger partial charge on any atom is 0.311 e. The van der Waals surface area contributed by atoms with E-state index in [-0.39, 0.29) is 12.4 Å². The van der Waals surface area contributed by atoms with Gasteiger partial charge in [-0.25, -0.2) is 4.68 Å². The van der Waals surface area contributed by atoms with Gasteiger partial charge in [0.1, 0.15) is 6.42 Å². The number of carbonyl (C=O) groups is 1. The highest BCUT2D eigenvalue weighted by atomic mass is 16.5. The molecule has 2 aromatic rings. The monoisotopic (exact) mass is 273 g/mol. The van der Waals surface area contributed by atoms with Crippen LogP contribution < -0.4 is 5.12 Å². The number of ether oxygens (including phenoxy) is 2. The van der Waals surface area contributed by atoms with Gasteiger partial charge in [-0.2, -0.15) is 5.12 Å². The molecule has 0 amide bonds. The largest absolute Gasteiger partial charge is 0.466 e. The smallest absolute Gasteiger partial charge is 0.311 e. The first-order valence-corrected chi connectivity index (χ1v) is 6.48. The molecule has 104 valence electrons. The molecule has 1 aromatic carbocycles. The van der Waals surface area contributed by atoms with Crippen molar-refractivity contribution < 1.29 is 14.3 Å². The maximum absolute atomic E-state index is 11.6. The van der Waals surface area contributed by atoms with E-state index in [1.807, 2.05) is 41.2 Å². The van der Waals surface area contributed by atoms with Crippen LogP contribution in [0.1, 0.15) is 13.3 Å². The molecular formula is C14H15N3O3. The number of hydrogen-bond acceptors (Lipinski definition) is 5. The molecule has 1 unspecified atom stereocenters. The minimum absolute atomic E-state index is 0.125. The second kappa shape index (κ2) is 5.24. The molecule has 1 aliphatic rings. The minimum Gasteiger partial charge on any atom is -0.466 e. The molecule has 20 heavy (non-hydrogen) atoms. The molecule has 0 saturated heterocycles. The lowest BCUT2D eigenvalue weighted by molar-refractivity contribution is -0.145. The summed E-state index contributed by atoms with van der Waals surface area (Å²) in [5, 5.41) is 6.90. The maximum atomic E-state index is 11.6. The predicted octanol–water partition coefficient (Wildman–Crippen LogP) is 1.83. The van der Waals surface area contributed by atoms with Crippen molar-refractivity contribution >= 4 is 23.3 Å². The van der Waals surface area contributed by atoms with Crippen molar-refractivity contribution in [1.29, 1.82) is 0 Å². The molecule has 1 atom stereocenters. The molecule has 6 nitrogen and oxygen atoms in total. The van der Waals surface area contributed by atoms with E-state index in [0.29, 0.717) is 6.61 Å². The number of benzene rings is 1. The Morgan fingerprint density at radius 2 is 2.25 bits per heavy atom. The van der Waals surface area contributed by atoms with Crippen LogP contribution >= 0.6 is 0 Å². The Morgan fingerprint density at radius 3 is 3.10 bits per heavy atom. The number of carbonyl (C=O) groups excluding carboxylic acids is 1.